The summed E-state index contributed by atoms with van der Waals surface area (Å²) < 4.78 is 41.8. The molecule has 0 spiro atoms. The lowest BCUT2D eigenvalue weighted by atomic mass is 10.2. The molecule has 1 fully saturated rings. The third-order valence-corrected chi connectivity index (χ3v) is 6.92. The Kier molecular flexibility index (Phi) is 6.61. The molecule has 0 atom stereocenters. The minimum atomic E-state index is -3.71. The highest BCUT2D eigenvalue weighted by molar-refractivity contribution is 7.89. The molecule has 29 heavy (non-hydrogen) atoms. The Morgan fingerprint density at radius 2 is 1.97 bits per heavy atom. The third kappa shape index (κ3) is 5.35. The van der Waals surface area contributed by atoms with Crippen LogP contribution in [0.1, 0.15) is 36.0 Å². The van der Waals surface area contributed by atoms with Crippen molar-refractivity contribution in [3.63, 3.8) is 0 Å². The number of sulfonamides is 1. The Labute approximate surface area is 175 Å². The van der Waals surface area contributed by atoms with Crippen LogP contribution in [0.5, 0.6) is 0 Å². The lowest BCUT2D eigenvalue weighted by molar-refractivity contribution is -0.132. The summed E-state index contributed by atoms with van der Waals surface area (Å²) in [5.41, 5.74) is 1.77. The summed E-state index contributed by atoms with van der Waals surface area (Å²) in [6.07, 6.45) is 1.70. The molecule has 8 heteroatoms. The molecule has 0 heterocycles. The predicted octanol–water partition coefficient (Wildman–Crippen LogP) is 3.96. The third-order valence-electron chi connectivity index (χ3n) is 4.96. The minimum absolute atomic E-state index is 0.00728. The molecular weight excluding hydrogens is 415 g/mol. The fourth-order valence-electron chi connectivity index (χ4n) is 3.17. The van der Waals surface area contributed by atoms with E-state index in [0.717, 1.165) is 18.4 Å². The van der Waals surface area contributed by atoms with Crippen LogP contribution in [0.25, 0.3) is 0 Å². The van der Waals surface area contributed by atoms with E-state index in [1.165, 1.54) is 12.1 Å². The number of carbonyl (C=O) groups is 1. The molecule has 1 amide bonds. The summed E-state index contributed by atoms with van der Waals surface area (Å²) >= 11 is 6.09. The predicted molar refractivity (Wildman–Crippen MR) is 111 cm³/mol. The van der Waals surface area contributed by atoms with Gasteiger partial charge in [0.25, 0.3) is 0 Å². The highest BCUT2D eigenvalue weighted by atomic mass is 35.5. The zero-order valence-electron chi connectivity index (χ0n) is 16.4. The van der Waals surface area contributed by atoms with Crippen molar-refractivity contribution < 1.29 is 17.6 Å². The van der Waals surface area contributed by atoms with E-state index in [1.807, 2.05) is 13.0 Å². The molecule has 1 aliphatic carbocycles. The summed E-state index contributed by atoms with van der Waals surface area (Å²) in [6.45, 7) is 3.61. The van der Waals surface area contributed by atoms with E-state index >= 15 is 0 Å². The molecule has 0 aromatic heterocycles. The molecule has 2 aromatic rings. The van der Waals surface area contributed by atoms with Gasteiger partial charge in [0.15, 0.2) is 0 Å². The van der Waals surface area contributed by atoms with Crippen LogP contribution in [0.15, 0.2) is 41.3 Å². The van der Waals surface area contributed by atoms with Gasteiger partial charge in [0.2, 0.25) is 15.9 Å². The van der Waals surface area contributed by atoms with E-state index in [4.69, 9.17) is 11.6 Å². The molecule has 0 radical (unpaired) electrons. The van der Waals surface area contributed by atoms with Crippen LogP contribution in [0.2, 0.25) is 5.02 Å². The van der Waals surface area contributed by atoms with E-state index in [0.29, 0.717) is 5.56 Å². The fraction of sp³-hybridized carbons (Fsp3) is 0.381. The average Bonchev–Trinajstić information content (AvgIpc) is 3.48. The smallest absolute Gasteiger partial charge is 0.240 e. The average molecular weight is 439 g/mol. The molecule has 2 aromatic carbocycles. The largest absolute Gasteiger partial charge is 0.335 e. The first-order valence-corrected chi connectivity index (χ1v) is 11.3. The minimum Gasteiger partial charge on any atom is -0.335 e. The summed E-state index contributed by atoms with van der Waals surface area (Å²) in [4.78, 5) is 14.5. The number of nitrogens with one attached hydrogen (secondary N) is 1. The first kappa shape index (κ1) is 21.7. The normalized spacial score (nSPS) is 14.1. The number of benzene rings is 2. The maximum absolute atomic E-state index is 14.1. The van der Waals surface area contributed by atoms with Crippen LogP contribution in [0, 0.1) is 19.7 Å². The second kappa shape index (κ2) is 8.81. The number of rotatable bonds is 8. The fourth-order valence-corrected chi connectivity index (χ4v) is 4.75. The summed E-state index contributed by atoms with van der Waals surface area (Å²) in [6, 6.07) is 9.68. The number of amides is 1. The molecule has 0 unspecified atom stereocenters. The van der Waals surface area contributed by atoms with Crippen LogP contribution in [0.4, 0.5) is 4.39 Å². The highest BCUT2D eigenvalue weighted by Gasteiger charge is 2.33. The van der Waals surface area contributed by atoms with Gasteiger partial charge in [-0.15, -0.1) is 0 Å². The molecule has 5 nitrogen and oxygen atoms in total. The van der Waals surface area contributed by atoms with Crippen LogP contribution in [-0.2, 0) is 21.4 Å². The van der Waals surface area contributed by atoms with Crippen LogP contribution in [-0.4, -0.2) is 31.8 Å². The molecule has 3 rings (SSSR count). The van der Waals surface area contributed by atoms with Gasteiger partial charge in [0.05, 0.1) is 11.4 Å². The number of hydrogen-bond acceptors (Lipinski definition) is 3. The van der Waals surface area contributed by atoms with Crippen molar-refractivity contribution in [1.82, 2.24) is 9.62 Å². The second-order valence-electron chi connectivity index (χ2n) is 7.37. The lowest BCUT2D eigenvalue weighted by Crippen LogP contribution is -2.36. The van der Waals surface area contributed by atoms with Crippen molar-refractivity contribution in [3.8, 4) is 0 Å². The van der Waals surface area contributed by atoms with Crippen LogP contribution in [0.3, 0.4) is 0 Å². The molecule has 1 saturated carbocycles. The van der Waals surface area contributed by atoms with Gasteiger partial charge < -0.3 is 4.90 Å². The number of hydrogen-bond donors (Lipinski definition) is 1. The molecule has 0 aliphatic heterocycles. The zero-order valence-corrected chi connectivity index (χ0v) is 18.0. The van der Waals surface area contributed by atoms with Crippen LogP contribution < -0.4 is 4.72 Å². The van der Waals surface area contributed by atoms with Crippen molar-refractivity contribution in [1.29, 1.82) is 0 Å². The Morgan fingerprint density at radius 3 is 2.62 bits per heavy atom. The van der Waals surface area contributed by atoms with Crippen molar-refractivity contribution in [2.24, 2.45) is 0 Å². The van der Waals surface area contributed by atoms with Gasteiger partial charge in [-0.2, -0.15) is 0 Å². The van der Waals surface area contributed by atoms with Crippen molar-refractivity contribution in [2.75, 3.05) is 6.54 Å². The first-order valence-electron chi connectivity index (χ1n) is 9.48. The van der Waals surface area contributed by atoms with Gasteiger partial charge in [-0.1, -0.05) is 29.8 Å². The molecule has 1 N–H and O–H groups in total. The van der Waals surface area contributed by atoms with E-state index in [9.17, 15) is 17.6 Å². The number of carbonyl (C=O) groups excluding carboxylic acids is 1. The maximum Gasteiger partial charge on any atom is 0.240 e. The van der Waals surface area contributed by atoms with E-state index in [2.05, 4.69) is 4.72 Å². The van der Waals surface area contributed by atoms with Gasteiger partial charge in [0.1, 0.15) is 5.82 Å². The Hall–Kier alpha value is -1.96. The van der Waals surface area contributed by atoms with Crippen LogP contribution >= 0.6 is 11.6 Å². The van der Waals surface area contributed by atoms with Crippen molar-refractivity contribution in [3.05, 3.63) is 63.9 Å². The van der Waals surface area contributed by atoms with Gasteiger partial charge in [-0.3, -0.25) is 4.79 Å². The molecule has 1 aliphatic rings. The number of halogens is 2. The van der Waals surface area contributed by atoms with E-state index < -0.39 is 15.8 Å². The Balaban J connectivity index is 1.65. The summed E-state index contributed by atoms with van der Waals surface area (Å²) in [7, 11) is -3.71. The quantitative estimate of drug-likeness (QED) is 0.678. The van der Waals surface area contributed by atoms with Gasteiger partial charge in [-0.05, 0) is 56.0 Å². The van der Waals surface area contributed by atoms with Crippen molar-refractivity contribution >= 4 is 27.5 Å². The Bertz CT molecular complexity index is 1000. The van der Waals surface area contributed by atoms with Crippen molar-refractivity contribution in [2.45, 2.75) is 50.6 Å². The molecule has 156 valence electrons. The van der Waals surface area contributed by atoms with E-state index in [1.54, 1.807) is 30.0 Å². The standard InChI is InChI=1S/C21H24ClFN2O3S/c1-14-6-7-15(2)20(12-14)29(27,28)24-11-10-21(26)25(16-8-9-16)13-17-18(22)4-3-5-19(17)23/h3-7,12,16,24H,8-11,13H2,1-2H3. The van der Waals surface area contributed by atoms with E-state index in [-0.39, 0.29) is 46.9 Å². The van der Waals surface area contributed by atoms with Gasteiger partial charge in [-0.25, -0.2) is 17.5 Å². The lowest BCUT2D eigenvalue weighted by Gasteiger charge is -2.23. The number of aryl methyl sites for hydroxylation is 2. The maximum atomic E-state index is 14.1. The summed E-state index contributed by atoms with van der Waals surface area (Å²) in [5, 5.41) is 0.277. The Morgan fingerprint density at radius 1 is 1.24 bits per heavy atom. The first-order chi connectivity index (χ1) is 13.7. The SMILES string of the molecule is Cc1ccc(C)c(S(=O)(=O)NCCC(=O)N(Cc2c(F)cccc2Cl)C2CC2)c1. The van der Waals surface area contributed by atoms with Gasteiger partial charge >= 0.3 is 0 Å². The monoisotopic (exact) mass is 438 g/mol. The topological polar surface area (TPSA) is 66.5 Å². The molecule has 0 bridgehead atoms. The van der Waals surface area contributed by atoms with Gasteiger partial charge in [0, 0.05) is 29.6 Å². The zero-order chi connectivity index (χ0) is 21.2. The molecule has 0 saturated heterocycles. The second-order valence-corrected chi connectivity index (χ2v) is 9.51. The molecular formula is C21H24ClFN2O3S. The highest BCUT2D eigenvalue weighted by Crippen LogP contribution is 2.31. The number of nitrogens with zero attached hydrogens (tertiary/aromatic N) is 1. The summed E-state index contributed by atoms with van der Waals surface area (Å²) in [5.74, 6) is -0.679.